The molecule has 0 saturated carbocycles. The van der Waals surface area contributed by atoms with Crippen molar-refractivity contribution in [2.75, 3.05) is 13.2 Å². The molecule has 0 saturated heterocycles. The number of ether oxygens (including phenoxy) is 2. The molecule has 0 unspecified atom stereocenters. The third-order valence-electron chi connectivity index (χ3n) is 2.99. The number of nitrogens with one attached hydrogen (secondary N) is 1. The second-order valence-electron chi connectivity index (χ2n) is 4.73. The molecule has 1 aromatic carbocycles. The number of benzene rings is 1. The summed E-state index contributed by atoms with van der Waals surface area (Å²) in [6.07, 6.45) is -4.87. The molecule has 0 aromatic heterocycles. The van der Waals surface area contributed by atoms with Crippen molar-refractivity contribution in [1.82, 2.24) is 5.32 Å². The van der Waals surface area contributed by atoms with Crippen molar-refractivity contribution in [2.24, 2.45) is 5.73 Å². The molecule has 6 nitrogen and oxygen atoms in total. The largest absolute Gasteiger partial charge is 0.494 e. The van der Waals surface area contributed by atoms with E-state index in [9.17, 15) is 22.8 Å². The Kier molecular flexibility index (Phi) is 7.02. The van der Waals surface area contributed by atoms with Crippen LogP contribution in [-0.4, -0.2) is 43.4 Å². The third kappa shape index (κ3) is 5.41. The first-order chi connectivity index (χ1) is 11.2. The summed E-state index contributed by atoms with van der Waals surface area (Å²) in [5.74, 6) is -1.62. The van der Waals surface area contributed by atoms with Crippen LogP contribution in [0.25, 0.3) is 0 Å². The maximum Gasteiger partial charge on any atom is 0.406 e. The third-order valence-corrected chi connectivity index (χ3v) is 2.99. The summed E-state index contributed by atoms with van der Waals surface area (Å²) < 4.78 is 48.1. The van der Waals surface area contributed by atoms with Crippen LogP contribution in [0.2, 0.25) is 0 Å². The molecule has 1 rings (SSSR count). The number of esters is 1. The summed E-state index contributed by atoms with van der Waals surface area (Å²) >= 11 is 0. The number of nitrogens with two attached hydrogens (primary N) is 1. The second kappa shape index (κ2) is 8.53. The zero-order valence-electron chi connectivity index (χ0n) is 13.2. The zero-order chi connectivity index (χ0) is 18.3. The molecule has 1 aromatic rings. The summed E-state index contributed by atoms with van der Waals surface area (Å²) in [6, 6.07) is 1.08. The van der Waals surface area contributed by atoms with E-state index in [1.165, 1.54) is 31.2 Å². The number of carbonyl (C=O) groups is 2. The molecule has 0 fully saturated rings. The highest BCUT2D eigenvalue weighted by Gasteiger charge is 2.46. The van der Waals surface area contributed by atoms with Crippen LogP contribution in [0, 0.1) is 0 Å². The highest BCUT2D eigenvalue weighted by molar-refractivity contribution is 5.97. The van der Waals surface area contributed by atoms with Gasteiger partial charge in [0.1, 0.15) is 11.8 Å². The Morgan fingerprint density at radius 2 is 1.75 bits per heavy atom. The van der Waals surface area contributed by atoms with Crippen LogP contribution in [0.15, 0.2) is 24.3 Å². The Bertz CT molecular complexity index is 561. The smallest absolute Gasteiger partial charge is 0.406 e. The minimum Gasteiger partial charge on any atom is -0.494 e. The number of amides is 1. The molecule has 3 N–H and O–H groups in total. The first-order valence-electron chi connectivity index (χ1n) is 7.23. The summed E-state index contributed by atoms with van der Waals surface area (Å²) in [5.41, 5.74) is 5.11. The van der Waals surface area contributed by atoms with Crippen LogP contribution in [-0.2, 0) is 9.53 Å². The predicted octanol–water partition coefficient (Wildman–Crippen LogP) is 1.64. The van der Waals surface area contributed by atoms with Crippen LogP contribution < -0.4 is 15.8 Å². The Labute approximate surface area is 137 Å². The Morgan fingerprint density at radius 3 is 2.21 bits per heavy atom. The fraction of sp³-hybridized carbons (Fsp3) is 0.467. The molecular weight excluding hydrogens is 329 g/mol. The van der Waals surface area contributed by atoms with Crippen molar-refractivity contribution in [3.63, 3.8) is 0 Å². The quantitative estimate of drug-likeness (QED) is 0.731. The summed E-state index contributed by atoms with van der Waals surface area (Å²) in [5, 5.41) is 1.98. The average molecular weight is 348 g/mol. The molecule has 24 heavy (non-hydrogen) atoms. The van der Waals surface area contributed by atoms with E-state index < -0.39 is 30.1 Å². The fourth-order valence-electron chi connectivity index (χ4n) is 1.81. The van der Waals surface area contributed by atoms with Gasteiger partial charge in [0, 0.05) is 5.56 Å². The standard InChI is InChI=1S/C15H19F3N2O4/c1-3-23-10-7-5-9(6-8-10)13(21)20-11(14(22)24-4-2)12(19)15(16,17)18/h5-8,11-12H,3-4,19H2,1-2H3,(H,20,21)/t11-,12+/m0/s1. The van der Waals surface area contributed by atoms with Gasteiger partial charge in [-0.2, -0.15) is 13.2 Å². The summed E-state index contributed by atoms with van der Waals surface area (Å²) in [6.45, 7) is 3.50. The lowest BCUT2D eigenvalue weighted by atomic mass is 10.1. The van der Waals surface area contributed by atoms with Crippen LogP contribution in [0.4, 0.5) is 13.2 Å². The number of carbonyl (C=O) groups excluding carboxylic acids is 2. The highest BCUT2D eigenvalue weighted by Crippen LogP contribution is 2.22. The zero-order valence-corrected chi connectivity index (χ0v) is 13.2. The van der Waals surface area contributed by atoms with E-state index in [0.29, 0.717) is 12.4 Å². The Hall–Kier alpha value is -2.29. The van der Waals surface area contributed by atoms with E-state index in [4.69, 9.17) is 10.5 Å². The SMILES string of the molecule is CCOC(=O)[C@@H](NC(=O)c1ccc(OCC)cc1)[C@@H](N)C(F)(F)F. The van der Waals surface area contributed by atoms with Gasteiger partial charge in [0.05, 0.1) is 13.2 Å². The first kappa shape index (κ1) is 19.8. The maximum absolute atomic E-state index is 12.8. The van der Waals surface area contributed by atoms with E-state index in [1.807, 2.05) is 5.32 Å². The minimum atomic E-state index is -4.87. The van der Waals surface area contributed by atoms with Crippen molar-refractivity contribution in [3.05, 3.63) is 29.8 Å². The lowest BCUT2D eigenvalue weighted by molar-refractivity contribution is -0.169. The number of hydrogen-bond acceptors (Lipinski definition) is 5. The molecular formula is C15H19F3N2O4. The van der Waals surface area contributed by atoms with Gasteiger partial charge in [-0.25, -0.2) is 4.79 Å². The van der Waals surface area contributed by atoms with E-state index in [-0.39, 0.29) is 12.2 Å². The monoisotopic (exact) mass is 348 g/mol. The lowest BCUT2D eigenvalue weighted by Crippen LogP contribution is -2.59. The molecule has 2 atom stereocenters. The number of alkyl halides is 3. The molecule has 1 amide bonds. The molecule has 0 aliphatic rings. The topological polar surface area (TPSA) is 90.6 Å². The van der Waals surface area contributed by atoms with Gasteiger partial charge in [-0.1, -0.05) is 0 Å². The number of halogens is 3. The van der Waals surface area contributed by atoms with Gasteiger partial charge in [-0.3, -0.25) is 4.79 Å². The number of hydrogen-bond donors (Lipinski definition) is 2. The molecule has 0 aliphatic carbocycles. The van der Waals surface area contributed by atoms with Crippen LogP contribution >= 0.6 is 0 Å². The predicted molar refractivity (Wildman–Crippen MR) is 79.5 cm³/mol. The Balaban J connectivity index is 2.92. The van der Waals surface area contributed by atoms with Crippen LogP contribution in [0.5, 0.6) is 5.75 Å². The molecule has 9 heteroatoms. The second-order valence-corrected chi connectivity index (χ2v) is 4.73. The molecule has 0 radical (unpaired) electrons. The maximum atomic E-state index is 12.8. The van der Waals surface area contributed by atoms with Crippen LogP contribution in [0.1, 0.15) is 24.2 Å². The highest BCUT2D eigenvalue weighted by atomic mass is 19.4. The van der Waals surface area contributed by atoms with Gasteiger partial charge >= 0.3 is 12.1 Å². The van der Waals surface area contributed by atoms with Gasteiger partial charge in [0.15, 0.2) is 6.04 Å². The van der Waals surface area contributed by atoms with E-state index in [1.54, 1.807) is 6.92 Å². The minimum absolute atomic E-state index is 0.0575. The fourth-order valence-corrected chi connectivity index (χ4v) is 1.81. The van der Waals surface area contributed by atoms with Gasteiger partial charge < -0.3 is 20.5 Å². The molecule has 0 heterocycles. The van der Waals surface area contributed by atoms with Crippen molar-refractivity contribution in [2.45, 2.75) is 32.1 Å². The Morgan fingerprint density at radius 1 is 1.17 bits per heavy atom. The normalized spacial score (nSPS) is 13.8. The van der Waals surface area contributed by atoms with Gasteiger partial charge in [-0.05, 0) is 38.1 Å². The van der Waals surface area contributed by atoms with E-state index in [2.05, 4.69) is 4.74 Å². The van der Waals surface area contributed by atoms with Crippen LogP contribution in [0.3, 0.4) is 0 Å². The van der Waals surface area contributed by atoms with Crippen molar-refractivity contribution < 1.29 is 32.2 Å². The van der Waals surface area contributed by atoms with Gasteiger partial charge in [-0.15, -0.1) is 0 Å². The average Bonchev–Trinajstić information content (AvgIpc) is 2.52. The van der Waals surface area contributed by atoms with Crippen molar-refractivity contribution in [1.29, 1.82) is 0 Å². The van der Waals surface area contributed by atoms with E-state index >= 15 is 0 Å². The number of rotatable bonds is 7. The summed E-state index contributed by atoms with van der Waals surface area (Å²) in [4.78, 5) is 23.8. The van der Waals surface area contributed by atoms with Gasteiger partial charge in [0.25, 0.3) is 5.91 Å². The molecule has 0 aliphatic heterocycles. The lowest BCUT2D eigenvalue weighted by Gasteiger charge is -2.25. The van der Waals surface area contributed by atoms with Crippen molar-refractivity contribution >= 4 is 11.9 Å². The first-order valence-corrected chi connectivity index (χ1v) is 7.23. The molecule has 0 bridgehead atoms. The molecule has 0 spiro atoms. The van der Waals surface area contributed by atoms with Gasteiger partial charge in [0.2, 0.25) is 0 Å². The van der Waals surface area contributed by atoms with E-state index in [0.717, 1.165) is 0 Å². The summed E-state index contributed by atoms with van der Waals surface area (Å²) in [7, 11) is 0. The molecule has 134 valence electrons. The van der Waals surface area contributed by atoms with Crippen molar-refractivity contribution in [3.8, 4) is 5.75 Å².